The predicted octanol–water partition coefficient (Wildman–Crippen LogP) is 3.87. The van der Waals surface area contributed by atoms with Crippen LogP contribution in [0.3, 0.4) is 0 Å². The average molecular weight is 285 g/mol. The highest BCUT2D eigenvalue weighted by Crippen LogP contribution is 2.32. The van der Waals surface area contributed by atoms with Crippen molar-refractivity contribution in [2.24, 2.45) is 0 Å². The van der Waals surface area contributed by atoms with Crippen LogP contribution in [0.2, 0.25) is 0 Å². The Labute approximate surface area is 112 Å². The zero-order chi connectivity index (χ0) is 14.5. The maximum atomic E-state index is 12.7. The van der Waals surface area contributed by atoms with Gasteiger partial charge in [0.1, 0.15) is 0 Å². The van der Waals surface area contributed by atoms with E-state index in [2.05, 4.69) is 0 Å². The van der Waals surface area contributed by atoms with E-state index in [9.17, 15) is 18.0 Å². The lowest BCUT2D eigenvalue weighted by molar-refractivity contribution is -0.137. The summed E-state index contributed by atoms with van der Waals surface area (Å²) in [6.07, 6.45) is -1.46. The molecule has 0 heterocycles. The molecule has 0 aliphatic rings. The lowest BCUT2D eigenvalue weighted by Gasteiger charge is -2.09. The van der Waals surface area contributed by atoms with Gasteiger partial charge in [0.2, 0.25) is 0 Å². The van der Waals surface area contributed by atoms with Gasteiger partial charge in [0, 0.05) is 12.7 Å². The molecule has 0 spiro atoms. The molecule has 0 atom stereocenters. The summed E-state index contributed by atoms with van der Waals surface area (Å²) >= 11 is 1.07. The number of thioether (sulfide) groups is 1. The summed E-state index contributed by atoms with van der Waals surface area (Å²) in [6.45, 7) is 1.42. The lowest BCUT2D eigenvalue weighted by Crippen LogP contribution is -2.07. The Morgan fingerprint density at radius 2 is 2.16 bits per heavy atom. The molecule has 0 fully saturated rings. The van der Waals surface area contributed by atoms with E-state index in [1.165, 1.54) is 25.1 Å². The van der Waals surface area contributed by atoms with E-state index in [0.717, 1.165) is 23.9 Å². The van der Waals surface area contributed by atoms with Gasteiger partial charge in [0.15, 0.2) is 5.12 Å². The normalized spacial score (nSPS) is 11.5. The van der Waals surface area contributed by atoms with Gasteiger partial charge in [0.05, 0.1) is 17.2 Å². The van der Waals surface area contributed by atoms with Gasteiger partial charge in [-0.1, -0.05) is 30.0 Å². The number of nitriles is 1. The Morgan fingerprint density at radius 3 is 2.68 bits per heavy atom. The van der Waals surface area contributed by atoms with Crippen LogP contribution in [0.5, 0.6) is 0 Å². The Balaban J connectivity index is 2.94. The van der Waals surface area contributed by atoms with E-state index in [1.807, 2.05) is 0 Å². The first kappa shape index (κ1) is 15.3. The van der Waals surface area contributed by atoms with E-state index in [-0.39, 0.29) is 5.12 Å². The van der Waals surface area contributed by atoms with E-state index in [4.69, 9.17) is 5.26 Å². The van der Waals surface area contributed by atoms with E-state index >= 15 is 0 Å². The number of halogens is 3. The molecule has 0 saturated heterocycles. The molecule has 0 amide bonds. The minimum Gasteiger partial charge on any atom is -0.288 e. The molecular formula is C13H10F3NOS. The second-order valence-corrected chi connectivity index (χ2v) is 4.82. The van der Waals surface area contributed by atoms with Gasteiger partial charge in [-0.2, -0.15) is 18.4 Å². The van der Waals surface area contributed by atoms with Gasteiger partial charge >= 0.3 is 6.18 Å². The number of hydrogen-bond acceptors (Lipinski definition) is 3. The third-order valence-corrected chi connectivity index (χ3v) is 2.93. The van der Waals surface area contributed by atoms with Crippen LogP contribution in [0, 0.1) is 11.3 Å². The largest absolute Gasteiger partial charge is 0.417 e. The molecule has 1 aromatic rings. The highest BCUT2D eigenvalue weighted by molar-refractivity contribution is 8.13. The van der Waals surface area contributed by atoms with Gasteiger partial charge in [-0.05, 0) is 17.7 Å². The van der Waals surface area contributed by atoms with Crippen LogP contribution in [-0.2, 0) is 11.0 Å². The summed E-state index contributed by atoms with van der Waals surface area (Å²) in [5.41, 5.74) is -1.00. The lowest BCUT2D eigenvalue weighted by atomic mass is 10.0. The van der Waals surface area contributed by atoms with E-state index < -0.39 is 17.3 Å². The first-order chi connectivity index (χ1) is 8.84. The third kappa shape index (κ3) is 4.79. The third-order valence-electron chi connectivity index (χ3n) is 2.16. The second kappa shape index (κ2) is 6.43. The summed E-state index contributed by atoms with van der Waals surface area (Å²) in [5, 5.41) is 8.58. The fourth-order valence-corrected chi connectivity index (χ4v) is 1.77. The number of carbonyl (C=O) groups is 1. The monoisotopic (exact) mass is 285 g/mol. The van der Waals surface area contributed by atoms with Gasteiger partial charge < -0.3 is 0 Å². The van der Waals surface area contributed by atoms with Crippen LogP contribution < -0.4 is 0 Å². The molecule has 0 saturated carbocycles. The molecule has 1 aromatic carbocycles. The summed E-state index contributed by atoms with van der Waals surface area (Å²) in [5.74, 6) is 0.399. The summed E-state index contributed by atoms with van der Waals surface area (Å²) in [6, 6.07) is 5.02. The molecular weight excluding hydrogens is 275 g/mol. The van der Waals surface area contributed by atoms with Gasteiger partial charge in [-0.15, -0.1) is 0 Å². The molecule has 0 radical (unpaired) electrons. The fourth-order valence-electron chi connectivity index (χ4n) is 1.35. The summed E-state index contributed by atoms with van der Waals surface area (Å²) in [4.78, 5) is 10.7. The minimum atomic E-state index is -4.55. The van der Waals surface area contributed by atoms with Crippen molar-refractivity contribution in [3.8, 4) is 6.07 Å². The van der Waals surface area contributed by atoms with Crippen molar-refractivity contribution in [3.05, 3.63) is 41.0 Å². The standard InChI is InChI=1S/C13H10F3NOS/c1-9(18)19-6-2-3-10-4-5-11(8-17)12(7-10)13(14,15)16/h2-5,7H,6H2,1H3. The van der Waals surface area contributed by atoms with Gasteiger partial charge in [0.25, 0.3) is 0 Å². The van der Waals surface area contributed by atoms with Crippen LogP contribution in [-0.4, -0.2) is 10.9 Å². The van der Waals surface area contributed by atoms with Crippen molar-refractivity contribution in [3.63, 3.8) is 0 Å². The Morgan fingerprint density at radius 1 is 1.47 bits per heavy atom. The number of nitrogens with zero attached hydrogens (tertiary/aromatic N) is 1. The molecule has 19 heavy (non-hydrogen) atoms. The molecule has 0 aliphatic carbocycles. The Kier molecular flexibility index (Phi) is 5.19. The zero-order valence-corrected chi connectivity index (χ0v) is 10.8. The van der Waals surface area contributed by atoms with Crippen molar-refractivity contribution in [1.29, 1.82) is 5.26 Å². The van der Waals surface area contributed by atoms with Crippen molar-refractivity contribution < 1.29 is 18.0 Å². The van der Waals surface area contributed by atoms with Gasteiger partial charge in [-0.3, -0.25) is 4.79 Å². The molecule has 0 aromatic heterocycles. The van der Waals surface area contributed by atoms with Crippen LogP contribution in [0.25, 0.3) is 6.08 Å². The molecule has 2 nitrogen and oxygen atoms in total. The van der Waals surface area contributed by atoms with Crippen LogP contribution in [0.4, 0.5) is 13.2 Å². The number of benzene rings is 1. The molecule has 0 bridgehead atoms. The fraction of sp³-hybridized carbons (Fsp3) is 0.231. The van der Waals surface area contributed by atoms with Crippen molar-refractivity contribution in [2.45, 2.75) is 13.1 Å². The highest BCUT2D eigenvalue weighted by atomic mass is 32.2. The minimum absolute atomic E-state index is 0.0551. The first-order valence-corrected chi connectivity index (χ1v) is 6.24. The molecule has 0 aliphatic heterocycles. The second-order valence-electron chi connectivity index (χ2n) is 3.62. The first-order valence-electron chi connectivity index (χ1n) is 5.26. The van der Waals surface area contributed by atoms with E-state index in [1.54, 1.807) is 6.08 Å². The van der Waals surface area contributed by atoms with Crippen molar-refractivity contribution >= 4 is 23.0 Å². The van der Waals surface area contributed by atoms with Crippen LogP contribution in [0.1, 0.15) is 23.6 Å². The number of carbonyl (C=O) groups excluding carboxylic acids is 1. The number of alkyl halides is 3. The Bertz CT molecular complexity index is 544. The van der Waals surface area contributed by atoms with Crippen LogP contribution >= 0.6 is 11.8 Å². The van der Waals surface area contributed by atoms with Gasteiger partial charge in [-0.25, -0.2) is 0 Å². The zero-order valence-electron chi connectivity index (χ0n) is 9.99. The molecule has 1 rings (SSSR count). The quantitative estimate of drug-likeness (QED) is 0.846. The Hall–Kier alpha value is -1.74. The topological polar surface area (TPSA) is 40.9 Å². The maximum absolute atomic E-state index is 12.7. The molecule has 100 valence electrons. The molecule has 0 N–H and O–H groups in total. The molecule has 6 heteroatoms. The van der Waals surface area contributed by atoms with Crippen LogP contribution in [0.15, 0.2) is 24.3 Å². The average Bonchev–Trinajstić information content (AvgIpc) is 2.33. The maximum Gasteiger partial charge on any atom is 0.417 e. The summed E-state index contributed by atoms with van der Waals surface area (Å²) < 4.78 is 38.1. The summed E-state index contributed by atoms with van der Waals surface area (Å²) in [7, 11) is 0. The van der Waals surface area contributed by atoms with Crippen molar-refractivity contribution in [2.75, 3.05) is 5.75 Å². The number of hydrogen-bond donors (Lipinski definition) is 0. The number of rotatable bonds is 3. The smallest absolute Gasteiger partial charge is 0.288 e. The highest BCUT2D eigenvalue weighted by Gasteiger charge is 2.33. The van der Waals surface area contributed by atoms with E-state index in [0.29, 0.717) is 11.3 Å². The SMILES string of the molecule is CC(=O)SCC=Cc1ccc(C#N)c(C(F)(F)F)c1. The predicted molar refractivity (Wildman–Crippen MR) is 68.3 cm³/mol. The van der Waals surface area contributed by atoms with Crippen molar-refractivity contribution in [1.82, 2.24) is 0 Å². The molecule has 0 unspecified atom stereocenters.